The molecule has 4 heteroatoms. The summed E-state index contributed by atoms with van der Waals surface area (Å²) in [6.45, 7) is 6.36. The van der Waals surface area contributed by atoms with Crippen molar-refractivity contribution in [1.82, 2.24) is 5.32 Å². The summed E-state index contributed by atoms with van der Waals surface area (Å²) in [5.41, 5.74) is 1.17. The fourth-order valence-corrected chi connectivity index (χ4v) is 1.89. The molecule has 4 nitrogen and oxygen atoms in total. The van der Waals surface area contributed by atoms with E-state index < -0.39 is 0 Å². The Bertz CT molecular complexity index is 395. The number of aliphatic hydroxyl groups is 1. The first kappa shape index (κ1) is 13.2. The predicted octanol–water partition coefficient (Wildman–Crippen LogP) is 1.74. The van der Waals surface area contributed by atoms with E-state index in [0.29, 0.717) is 13.2 Å². The van der Waals surface area contributed by atoms with Gasteiger partial charge in [-0.25, -0.2) is 0 Å². The van der Waals surface area contributed by atoms with Gasteiger partial charge in [-0.1, -0.05) is 13.0 Å². The zero-order chi connectivity index (χ0) is 13.0. The van der Waals surface area contributed by atoms with E-state index in [-0.39, 0.29) is 18.6 Å². The Hall–Kier alpha value is -1.26. The number of benzene rings is 1. The van der Waals surface area contributed by atoms with Crippen molar-refractivity contribution < 1.29 is 14.6 Å². The molecule has 1 aromatic rings. The first-order chi connectivity index (χ1) is 8.70. The molecule has 1 heterocycles. The van der Waals surface area contributed by atoms with Gasteiger partial charge in [0.15, 0.2) is 11.5 Å². The lowest BCUT2D eigenvalue weighted by molar-refractivity contribution is 0.171. The third-order valence-electron chi connectivity index (χ3n) is 3.15. The average Bonchev–Trinajstić information content (AvgIpc) is 2.43. The van der Waals surface area contributed by atoms with E-state index in [4.69, 9.17) is 14.6 Å². The van der Waals surface area contributed by atoms with Crippen LogP contribution in [0.2, 0.25) is 0 Å². The Kier molecular flexibility index (Phi) is 4.44. The van der Waals surface area contributed by atoms with Gasteiger partial charge in [0, 0.05) is 19.2 Å². The number of rotatable bonds is 5. The van der Waals surface area contributed by atoms with Crippen LogP contribution in [0.4, 0.5) is 0 Å². The summed E-state index contributed by atoms with van der Waals surface area (Å²) in [7, 11) is 0. The van der Waals surface area contributed by atoms with Gasteiger partial charge < -0.3 is 19.9 Å². The minimum absolute atomic E-state index is 0.209. The molecule has 0 saturated heterocycles. The van der Waals surface area contributed by atoms with Gasteiger partial charge in [0.05, 0.1) is 0 Å². The molecule has 100 valence electrons. The van der Waals surface area contributed by atoms with Crippen molar-refractivity contribution in [2.45, 2.75) is 19.9 Å². The number of hydrogen-bond donors (Lipinski definition) is 2. The maximum absolute atomic E-state index is 9.00. The van der Waals surface area contributed by atoms with Crippen molar-refractivity contribution in [3.63, 3.8) is 0 Å². The molecule has 0 bridgehead atoms. The zero-order valence-electron chi connectivity index (χ0n) is 11.0. The molecule has 2 rings (SSSR count). The van der Waals surface area contributed by atoms with Gasteiger partial charge in [-0.2, -0.15) is 0 Å². The number of hydrogen-bond acceptors (Lipinski definition) is 4. The molecule has 1 aromatic carbocycles. The van der Waals surface area contributed by atoms with Crippen LogP contribution in [0, 0.1) is 5.92 Å². The Morgan fingerprint density at radius 1 is 1.22 bits per heavy atom. The van der Waals surface area contributed by atoms with Gasteiger partial charge >= 0.3 is 0 Å². The molecule has 0 radical (unpaired) electrons. The van der Waals surface area contributed by atoms with Gasteiger partial charge in [0.25, 0.3) is 0 Å². The first-order valence-corrected chi connectivity index (χ1v) is 6.44. The molecule has 2 N–H and O–H groups in total. The van der Waals surface area contributed by atoms with Crippen LogP contribution in [0.15, 0.2) is 18.2 Å². The second kappa shape index (κ2) is 6.07. The topological polar surface area (TPSA) is 50.7 Å². The van der Waals surface area contributed by atoms with Gasteiger partial charge in [-0.15, -0.1) is 0 Å². The Morgan fingerprint density at radius 2 is 1.94 bits per heavy atom. The quantitative estimate of drug-likeness (QED) is 0.837. The van der Waals surface area contributed by atoms with Gasteiger partial charge in [0.1, 0.15) is 13.2 Å². The molecular formula is C14H21NO3. The SMILES string of the molecule is CC(CO)CNC(C)c1ccc2c(c1)OCCO2. The maximum atomic E-state index is 9.00. The highest BCUT2D eigenvalue weighted by molar-refractivity contribution is 5.44. The highest BCUT2D eigenvalue weighted by Gasteiger charge is 2.14. The van der Waals surface area contributed by atoms with E-state index in [1.165, 1.54) is 5.56 Å². The summed E-state index contributed by atoms with van der Waals surface area (Å²) < 4.78 is 11.1. The lowest BCUT2D eigenvalue weighted by atomic mass is 10.1. The first-order valence-electron chi connectivity index (χ1n) is 6.44. The van der Waals surface area contributed by atoms with Crippen LogP contribution < -0.4 is 14.8 Å². The summed E-state index contributed by atoms with van der Waals surface area (Å²) in [6.07, 6.45) is 0. The summed E-state index contributed by atoms with van der Waals surface area (Å²) in [5.74, 6) is 1.91. The van der Waals surface area contributed by atoms with Crippen molar-refractivity contribution in [1.29, 1.82) is 0 Å². The smallest absolute Gasteiger partial charge is 0.161 e. The van der Waals surface area contributed by atoms with Gasteiger partial charge in [0.2, 0.25) is 0 Å². The Labute approximate surface area is 108 Å². The van der Waals surface area contributed by atoms with Crippen LogP contribution >= 0.6 is 0 Å². The van der Waals surface area contributed by atoms with Crippen molar-refractivity contribution in [3.8, 4) is 11.5 Å². The summed E-state index contributed by atoms with van der Waals surface area (Å²) in [4.78, 5) is 0. The highest BCUT2D eigenvalue weighted by Crippen LogP contribution is 2.32. The van der Waals surface area contributed by atoms with Crippen LogP contribution in [-0.4, -0.2) is 31.5 Å². The largest absolute Gasteiger partial charge is 0.486 e. The molecule has 1 aliphatic heterocycles. The van der Waals surface area contributed by atoms with Gasteiger partial charge in [-0.3, -0.25) is 0 Å². The molecule has 0 spiro atoms. The zero-order valence-corrected chi connectivity index (χ0v) is 11.0. The van der Waals surface area contributed by atoms with Gasteiger partial charge in [-0.05, 0) is 30.5 Å². The van der Waals surface area contributed by atoms with E-state index in [9.17, 15) is 0 Å². The van der Waals surface area contributed by atoms with Crippen LogP contribution in [-0.2, 0) is 0 Å². The second-order valence-corrected chi connectivity index (χ2v) is 4.82. The molecule has 0 aliphatic carbocycles. The summed E-state index contributed by atoms with van der Waals surface area (Å²) in [6, 6.07) is 6.26. The van der Waals surface area contributed by atoms with Crippen LogP contribution in [0.25, 0.3) is 0 Å². The minimum atomic E-state index is 0.209. The van der Waals surface area contributed by atoms with Crippen molar-refractivity contribution in [2.24, 2.45) is 5.92 Å². The number of nitrogens with one attached hydrogen (secondary N) is 1. The standard InChI is InChI=1S/C14H21NO3/c1-10(9-16)8-15-11(2)12-3-4-13-14(7-12)18-6-5-17-13/h3-4,7,10-11,15-16H,5-6,8-9H2,1-2H3. The number of fused-ring (bicyclic) bond motifs is 1. The molecule has 2 unspecified atom stereocenters. The fourth-order valence-electron chi connectivity index (χ4n) is 1.89. The molecule has 18 heavy (non-hydrogen) atoms. The van der Waals surface area contributed by atoms with E-state index in [1.54, 1.807) is 0 Å². The van der Waals surface area contributed by atoms with Crippen molar-refractivity contribution in [2.75, 3.05) is 26.4 Å². The number of aliphatic hydroxyl groups excluding tert-OH is 1. The fraction of sp³-hybridized carbons (Fsp3) is 0.571. The molecule has 0 saturated carbocycles. The second-order valence-electron chi connectivity index (χ2n) is 4.82. The average molecular weight is 251 g/mol. The van der Waals surface area contributed by atoms with Crippen LogP contribution in [0.1, 0.15) is 25.5 Å². The lowest BCUT2D eigenvalue weighted by Crippen LogP contribution is -2.26. The molecule has 1 aliphatic rings. The molecular weight excluding hydrogens is 230 g/mol. The van der Waals surface area contributed by atoms with Crippen LogP contribution in [0.5, 0.6) is 11.5 Å². The molecule has 0 aromatic heterocycles. The maximum Gasteiger partial charge on any atom is 0.161 e. The van der Waals surface area contributed by atoms with Crippen LogP contribution in [0.3, 0.4) is 0 Å². The third-order valence-corrected chi connectivity index (χ3v) is 3.15. The normalized spacial score (nSPS) is 17.3. The molecule has 0 amide bonds. The molecule has 0 fully saturated rings. The Balaban J connectivity index is 1.99. The molecule has 2 atom stereocenters. The lowest BCUT2D eigenvalue weighted by Gasteiger charge is -2.21. The predicted molar refractivity (Wildman–Crippen MR) is 70.1 cm³/mol. The van der Waals surface area contributed by atoms with Crippen molar-refractivity contribution in [3.05, 3.63) is 23.8 Å². The Morgan fingerprint density at radius 3 is 2.67 bits per heavy atom. The third kappa shape index (κ3) is 3.15. The summed E-state index contributed by atoms with van der Waals surface area (Å²) >= 11 is 0. The number of ether oxygens (including phenoxy) is 2. The van der Waals surface area contributed by atoms with E-state index >= 15 is 0 Å². The van der Waals surface area contributed by atoms with E-state index in [2.05, 4.69) is 18.3 Å². The van der Waals surface area contributed by atoms with E-state index in [1.807, 2.05) is 19.1 Å². The minimum Gasteiger partial charge on any atom is -0.486 e. The van der Waals surface area contributed by atoms with E-state index in [0.717, 1.165) is 18.0 Å². The highest BCUT2D eigenvalue weighted by atomic mass is 16.6. The monoisotopic (exact) mass is 251 g/mol. The summed E-state index contributed by atoms with van der Waals surface area (Å²) in [5, 5.41) is 12.4. The van der Waals surface area contributed by atoms with Crippen molar-refractivity contribution >= 4 is 0 Å².